The van der Waals surface area contributed by atoms with E-state index in [2.05, 4.69) is 20.9 Å². The van der Waals surface area contributed by atoms with E-state index in [1.165, 1.54) is 0 Å². The van der Waals surface area contributed by atoms with Gasteiger partial charge in [-0.2, -0.15) is 0 Å². The van der Waals surface area contributed by atoms with Crippen LogP contribution in [-0.2, 0) is 6.42 Å². The van der Waals surface area contributed by atoms with E-state index in [1.54, 1.807) is 19.5 Å². The summed E-state index contributed by atoms with van der Waals surface area (Å²) in [5.74, 6) is 0.798. The van der Waals surface area contributed by atoms with E-state index in [1.807, 2.05) is 30.3 Å². The third-order valence-electron chi connectivity index (χ3n) is 2.67. The maximum Gasteiger partial charge on any atom is 0.119 e. The number of hydrogen-bond acceptors (Lipinski definition) is 3. The summed E-state index contributed by atoms with van der Waals surface area (Å²) in [6, 6.07) is 9.57. The first-order valence-electron chi connectivity index (χ1n) is 5.60. The molecule has 1 atom stereocenters. The quantitative estimate of drug-likeness (QED) is 0.943. The highest BCUT2D eigenvalue weighted by atomic mass is 79.9. The number of hydrogen-bond donors (Lipinski definition) is 1. The van der Waals surface area contributed by atoms with E-state index in [4.69, 9.17) is 4.74 Å². The third kappa shape index (κ3) is 3.31. The Morgan fingerprint density at radius 1 is 1.33 bits per heavy atom. The van der Waals surface area contributed by atoms with Crippen LogP contribution in [0, 0.1) is 0 Å². The van der Waals surface area contributed by atoms with Crippen LogP contribution in [0.25, 0.3) is 0 Å². The molecule has 1 aromatic carbocycles. The van der Waals surface area contributed by atoms with E-state index >= 15 is 0 Å². The van der Waals surface area contributed by atoms with E-state index in [0.29, 0.717) is 6.42 Å². The minimum Gasteiger partial charge on any atom is -0.497 e. The number of aliphatic hydroxyl groups is 1. The normalized spacial score (nSPS) is 12.2. The van der Waals surface area contributed by atoms with Crippen LogP contribution in [0.4, 0.5) is 0 Å². The Labute approximate surface area is 115 Å². The van der Waals surface area contributed by atoms with Gasteiger partial charge in [-0.3, -0.25) is 4.98 Å². The summed E-state index contributed by atoms with van der Waals surface area (Å²) in [5.41, 5.74) is 1.83. The van der Waals surface area contributed by atoms with Crippen LogP contribution < -0.4 is 4.74 Å². The minimum atomic E-state index is -0.567. The number of ether oxygens (including phenoxy) is 1. The van der Waals surface area contributed by atoms with Gasteiger partial charge in [-0.1, -0.05) is 12.1 Å². The number of pyridine rings is 1. The number of nitrogens with zero attached hydrogens (tertiary/aromatic N) is 1. The molecule has 0 aliphatic heterocycles. The van der Waals surface area contributed by atoms with Crippen molar-refractivity contribution in [1.29, 1.82) is 0 Å². The van der Waals surface area contributed by atoms with Crippen LogP contribution in [-0.4, -0.2) is 17.2 Å². The Kier molecular flexibility index (Phi) is 4.33. The zero-order chi connectivity index (χ0) is 13.0. The van der Waals surface area contributed by atoms with Crippen LogP contribution in [0.2, 0.25) is 0 Å². The van der Waals surface area contributed by atoms with Crippen LogP contribution in [0.1, 0.15) is 17.2 Å². The molecule has 1 N–H and O–H groups in total. The van der Waals surface area contributed by atoms with Crippen molar-refractivity contribution in [2.45, 2.75) is 12.5 Å². The fraction of sp³-hybridized carbons (Fsp3) is 0.214. The molecule has 2 rings (SSSR count). The topological polar surface area (TPSA) is 42.4 Å². The third-order valence-corrected chi connectivity index (χ3v) is 3.11. The molecular formula is C14H14BrNO2. The second-order valence-electron chi connectivity index (χ2n) is 4.01. The Hall–Kier alpha value is -1.39. The molecule has 0 spiro atoms. The van der Waals surface area contributed by atoms with Crippen molar-refractivity contribution in [3.63, 3.8) is 0 Å². The highest BCUT2D eigenvalue weighted by Gasteiger charge is 2.10. The molecule has 0 radical (unpaired) electrons. The molecule has 2 aromatic rings. The van der Waals surface area contributed by atoms with Crippen LogP contribution in [0.5, 0.6) is 5.75 Å². The standard InChI is InChI=1S/C14H14BrNO2/c1-18-13-4-2-3-10(5-13)6-14(17)11-7-12(15)9-16-8-11/h2-5,7-9,14,17H,6H2,1H3. The van der Waals surface area contributed by atoms with Gasteiger partial charge < -0.3 is 9.84 Å². The fourth-order valence-electron chi connectivity index (χ4n) is 1.75. The summed E-state index contributed by atoms with van der Waals surface area (Å²) in [6.07, 6.45) is 3.34. The van der Waals surface area contributed by atoms with Crippen molar-refractivity contribution < 1.29 is 9.84 Å². The van der Waals surface area contributed by atoms with E-state index in [9.17, 15) is 5.11 Å². The molecule has 1 heterocycles. The largest absolute Gasteiger partial charge is 0.497 e. The van der Waals surface area contributed by atoms with Crippen molar-refractivity contribution in [1.82, 2.24) is 4.98 Å². The average Bonchev–Trinajstić information content (AvgIpc) is 2.39. The van der Waals surface area contributed by atoms with Crippen LogP contribution >= 0.6 is 15.9 Å². The summed E-state index contributed by atoms with van der Waals surface area (Å²) in [4.78, 5) is 4.05. The monoisotopic (exact) mass is 307 g/mol. The molecule has 0 aliphatic carbocycles. The second kappa shape index (κ2) is 5.98. The number of rotatable bonds is 4. The minimum absolute atomic E-state index is 0.537. The first-order valence-corrected chi connectivity index (χ1v) is 6.40. The lowest BCUT2D eigenvalue weighted by atomic mass is 10.0. The Balaban J connectivity index is 2.13. The number of aromatic nitrogens is 1. The number of aliphatic hydroxyl groups excluding tert-OH is 1. The van der Waals surface area contributed by atoms with Gasteiger partial charge in [0, 0.05) is 28.9 Å². The van der Waals surface area contributed by atoms with Gasteiger partial charge in [-0.05, 0) is 39.7 Å². The zero-order valence-electron chi connectivity index (χ0n) is 10.0. The molecule has 0 fully saturated rings. The highest BCUT2D eigenvalue weighted by Crippen LogP contribution is 2.22. The molecule has 0 amide bonds. The molecule has 0 bridgehead atoms. The van der Waals surface area contributed by atoms with Gasteiger partial charge in [0.25, 0.3) is 0 Å². The van der Waals surface area contributed by atoms with Gasteiger partial charge in [-0.25, -0.2) is 0 Å². The number of halogens is 1. The van der Waals surface area contributed by atoms with Crippen LogP contribution in [0.15, 0.2) is 47.2 Å². The summed E-state index contributed by atoms with van der Waals surface area (Å²) in [5, 5.41) is 10.2. The second-order valence-corrected chi connectivity index (χ2v) is 4.92. The van der Waals surface area contributed by atoms with Crippen molar-refractivity contribution in [3.8, 4) is 5.75 Å². The average molecular weight is 308 g/mol. The van der Waals surface area contributed by atoms with Gasteiger partial charge in [0.15, 0.2) is 0 Å². The van der Waals surface area contributed by atoms with E-state index in [0.717, 1.165) is 21.3 Å². The summed E-state index contributed by atoms with van der Waals surface area (Å²) in [7, 11) is 1.63. The Morgan fingerprint density at radius 3 is 2.89 bits per heavy atom. The maximum absolute atomic E-state index is 10.2. The van der Waals surface area contributed by atoms with Crippen molar-refractivity contribution >= 4 is 15.9 Å². The molecule has 0 saturated carbocycles. The van der Waals surface area contributed by atoms with Gasteiger partial charge in [0.05, 0.1) is 13.2 Å². The predicted octanol–water partition coefficient (Wildman–Crippen LogP) is 3.13. The maximum atomic E-state index is 10.2. The van der Waals surface area contributed by atoms with Gasteiger partial charge in [0.1, 0.15) is 5.75 Å². The SMILES string of the molecule is COc1cccc(CC(O)c2cncc(Br)c2)c1. The van der Waals surface area contributed by atoms with Gasteiger partial charge in [-0.15, -0.1) is 0 Å². The smallest absolute Gasteiger partial charge is 0.119 e. The van der Waals surface area contributed by atoms with Crippen LogP contribution in [0.3, 0.4) is 0 Å². The molecule has 3 nitrogen and oxygen atoms in total. The lowest BCUT2D eigenvalue weighted by Crippen LogP contribution is -2.02. The molecule has 94 valence electrons. The molecule has 1 unspecified atom stereocenters. The summed E-state index contributed by atoms with van der Waals surface area (Å²) in [6.45, 7) is 0. The number of methoxy groups -OCH3 is 1. The van der Waals surface area contributed by atoms with Crippen molar-refractivity contribution in [2.75, 3.05) is 7.11 Å². The zero-order valence-corrected chi connectivity index (χ0v) is 11.6. The van der Waals surface area contributed by atoms with Gasteiger partial charge in [0.2, 0.25) is 0 Å². The van der Waals surface area contributed by atoms with Gasteiger partial charge >= 0.3 is 0 Å². The molecule has 0 saturated heterocycles. The van der Waals surface area contributed by atoms with Crippen molar-refractivity contribution in [2.24, 2.45) is 0 Å². The van der Waals surface area contributed by atoms with E-state index < -0.39 is 6.10 Å². The summed E-state index contributed by atoms with van der Waals surface area (Å²) < 4.78 is 6.03. The molecule has 4 heteroatoms. The number of benzene rings is 1. The summed E-state index contributed by atoms with van der Waals surface area (Å²) >= 11 is 3.35. The first-order chi connectivity index (χ1) is 8.69. The Morgan fingerprint density at radius 2 is 2.17 bits per heavy atom. The highest BCUT2D eigenvalue weighted by molar-refractivity contribution is 9.10. The molecule has 18 heavy (non-hydrogen) atoms. The first kappa shape index (κ1) is 13.1. The lowest BCUT2D eigenvalue weighted by Gasteiger charge is -2.11. The molecular weight excluding hydrogens is 294 g/mol. The predicted molar refractivity (Wildman–Crippen MR) is 73.6 cm³/mol. The Bertz CT molecular complexity index is 531. The van der Waals surface area contributed by atoms with Crippen molar-refractivity contribution in [3.05, 3.63) is 58.3 Å². The molecule has 1 aromatic heterocycles. The molecule has 0 aliphatic rings. The van der Waals surface area contributed by atoms with E-state index in [-0.39, 0.29) is 0 Å². The lowest BCUT2D eigenvalue weighted by molar-refractivity contribution is 0.178. The fourth-order valence-corrected chi connectivity index (χ4v) is 2.13.